The molecule has 0 atom stereocenters. The van der Waals surface area contributed by atoms with Crippen molar-refractivity contribution in [2.45, 2.75) is 6.92 Å². The first-order valence-electron chi connectivity index (χ1n) is 7.51. The molecule has 1 aromatic carbocycles. The molecule has 0 aliphatic rings. The summed E-state index contributed by atoms with van der Waals surface area (Å²) in [5.74, 6) is 1.37. The summed E-state index contributed by atoms with van der Waals surface area (Å²) in [7, 11) is 3.85. The summed E-state index contributed by atoms with van der Waals surface area (Å²) in [6.45, 7) is 2.86. The number of amides is 2. The van der Waals surface area contributed by atoms with Gasteiger partial charge < -0.3 is 20.9 Å². The fraction of sp³-hybridized carbons (Fsp3) is 0.312. The zero-order chi connectivity index (χ0) is 17.5. The van der Waals surface area contributed by atoms with Crippen LogP contribution in [0.2, 0.25) is 5.02 Å². The molecule has 0 fully saturated rings. The van der Waals surface area contributed by atoms with E-state index in [1.807, 2.05) is 32.0 Å². The monoisotopic (exact) mass is 348 g/mol. The normalized spacial score (nSPS) is 10.2. The average molecular weight is 349 g/mol. The van der Waals surface area contributed by atoms with E-state index in [0.717, 1.165) is 11.5 Å². The third-order valence-electron chi connectivity index (χ3n) is 3.08. The first-order chi connectivity index (χ1) is 11.4. The van der Waals surface area contributed by atoms with E-state index in [1.54, 1.807) is 24.3 Å². The number of nitrogens with one attached hydrogen (secondary N) is 3. The average Bonchev–Trinajstić information content (AvgIpc) is 2.51. The van der Waals surface area contributed by atoms with Gasteiger partial charge in [-0.1, -0.05) is 17.7 Å². The number of carbonyl (C=O) groups is 1. The molecule has 0 unspecified atom stereocenters. The smallest absolute Gasteiger partial charge is 0.319 e. The molecule has 0 spiro atoms. The van der Waals surface area contributed by atoms with Crippen molar-refractivity contribution >= 4 is 35.1 Å². The Morgan fingerprint density at radius 1 is 1.21 bits per heavy atom. The van der Waals surface area contributed by atoms with Crippen LogP contribution in [0.15, 0.2) is 30.3 Å². The Kier molecular flexibility index (Phi) is 6.20. The summed E-state index contributed by atoms with van der Waals surface area (Å²) in [6.07, 6.45) is 0. The number of aryl methyl sites for hydroxylation is 1. The van der Waals surface area contributed by atoms with Crippen LogP contribution in [0.4, 0.5) is 22.2 Å². The summed E-state index contributed by atoms with van der Waals surface area (Å²) in [5, 5.41) is 9.13. The molecule has 0 aliphatic carbocycles. The van der Waals surface area contributed by atoms with Gasteiger partial charge in [0, 0.05) is 49.7 Å². The number of anilines is 3. The Morgan fingerprint density at radius 2 is 2.00 bits per heavy atom. The van der Waals surface area contributed by atoms with E-state index < -0.39 is 0 Å². The number of benzene rings is 1. The summed E-state index contributed by atoms with van der Waals surface area (Å²) < 4.78 is 0. The van der Waals surface area contributed by atoms with Crippen LogP contribution >= 0.6 is 11.6 Å². The lowest BCUT2D eigenvalue weighted by atomic mass is 10.3. The minimum Gasteiger partial charge on any atom is -0.363 e. The molecule has 2 aromatic rings. The van der Waals surface area contributed by atoms with Gasteiger partial charge in [-0.05, 0) is 25.1 Å². The van der Waals surface area contributed by atoms with E-state index in [9.17, 15) is 4.79 Å². The third-order valence-corrected chi connectivity index (χ3v) is 3.31. The first-order valence-corrected chi connectivity index (χ1v) is 7.89. The highest BCUT2D eigenvalue weighted by Gasteiger charge is 2.04. The quantitative estimate of drug-likeness (QED) is 0.699. The van der Waals surface area contributed by atoms with Crippen LogP contribution in [-0.2, 0) is 0 Å². The molecule has 3 N–H and O–H groups in total. The van der Waals surface area contributed by atoms with Gasteiger partial charge in [-0.3, -0.25) is 0 Å². The second-order valence-corrected chi connectivity index (χ2v) is 5.84. The van der Waals surface area contributed by atoms with Crippen LogP contribution in [0.1, 0.15) is 5.69 Å². The summed E-state index contributed by atoms with van der Waals surface area (Å²) >= 11 is 5.87. The number of urea groups is 1. The predicted octanol–water partition coefficient (Wildman–Crippen LogP) is 2.74. The molecule has 0 radical (unpaired) electrons. The van der Waals surface area contributed by atoms with E-state index in [0.29, 0.717) is 29.7 Å². The number of halogens is 1. The molecular weight excluding hydrogens is 328 g/mol. The number of rotatable bonds is 6. The molecule has 1 aromatic heterocycles. The van der Waals surface area contributed by atoms with Gasteiger partial charge in [0.15, 0.2) is 0 Å². The molecule has 2 amide bonds. The van der Waals surface area contributed by atoms with Crippen molar-refractivity contribution in [3.05, 3.63) is 41.0 Å². The third kappa shape index (κ3) is 5.58. The zero-order valence-electron chi connectivity index (χ0n) is 13.9. The van der Waals surface area contributed by atoms with Gasteiger partial charge in [-0.25, -0.2) is 9.78 Å². The molecule has 24 heavy (non-hydrogen) atoms. The Morgan fingerprint density at radius 3 is 2.71 bits per heavy atom. The van der Waals surface area contributed by atoms with E-state index in [-0.39, 0.29) is 6.03 Å². The number of aromatic nitrogens is 2. The Labute approximate surface area is 146 Å². The van der Waals surface area contributed by atoms with Crippen molar-refractivity contribution in [3.63, 3.8) is 0 Å². The second kappa shape index (κ2) is 8.35. The lowest BCUT2D eigenvalue weighted by molar-refractivity contribution is 0.252. The lowest BCUT2D eigenvalue weighted by Crippen LogP contribution is -2.32. The topological polar surface area (TPSA) is 82.2 Å². The fourth-order valence-corrected chi connectivity index (χ4v) is 2.14. The lowest BCUT2D eigenvalue weighted by Gasteiger charge is -2.14. The van der Waals surface area contributed by atoms with Crippen molar-refractivity contribution in [1.82, 2.24) is 15.3 Å². The molecule has 0 aliphatic heterocycles. The van der Waals surface area contributed by atoms with Crippen LogP contribution in [0.25, 0.3) is 0 Å². The summed E-state index contributed by atoms with van der Waals surface area (Å²) in [6, 6.07) is 8.59. The molecule has 128 valence electrons. The molecular formula is C16H21ClN6O. The standard InChI is InChI=1S/C16H21ClN6O/c1-11-9-14(23(2)3)22-15(20-11)18-7-8-19-16(24)21-13-6-4-5-12(17)10-13/h4-6,9-10H,7-8H2,1-3H3,(H,18,20,22)(H2,19,21,24). The van der Waals surface area contributed by atoms with Crippen LogP contribution in [-0.4, -0.2) is 43.2 Å². The van der Waals surface area contributed by atoms with Crippen molar-refractivity contribution in [2.75, 3.05) is 42.7 Å². The SMILES string of the molecule is Cc1cc(N(C)C)nc(NCCNC(=O)Nc2cccc(Cl)c2)n1. The van der Waals surface area contributed by atoms with Gasteiger partial charge in [0.05, 0.1) is 0 Å². The number of carbonyl (C=O) groups excluding carboxylic acids is 1. The summed E-state index contributed by atoms with van der Waals surface area (Å²) in [4.78, 5) is 22.4. The molecule has 8 heteroatoms. The first kappa shape index (κ1) is 17.8. The predicted molar refractivity (Wildman–Crippen MR) is 98.1 cm³/mol. The van der Waals surface area contributed by atoms with E-state index >= 15 is 0 Å². The van der Waals surface area contributed by atoms with Crippen molar-refractivity contribution in [1.29, 1.82) is 0 Å². The highest BCUT2D eigenvalue weighted by molar-refractivity contribution is 6.30. The highest BCUT2D eigenvalue weighted by atomic mass is 35.5. The van der Waals surface area contributed by atoms with Crippen molar-refractivity contribution < 1.29 is 4.79 Å². The molecule has 7 nitrogen and oxygen atoms in total. The van der Waals surface area contributed by atoms with E-state index in [2.05, 4.69) is 25.9 Å². The maximum atomic E-state index is 11.8. The molecule has 2 rings (SSSR count). The molecule has 0 saturated heterocycles. The minimum atomic E-state index is -0.293. The Bertz CT molecular complexity index is 707. The summed E-state index contributed by atoms with van der Waals surface area (Å²) in [5.41, 5.74) is 1.52. The Balaban J connectivity index is 1.77. The largest absolute Gasteiger partial charge is 0.363 e. The van der Waals surface area contributed by atoms with Gasteiger partial charge in [0.2, 0.25) is 5.95 Å². The molecule has 0 bridgehead atoms. The molecule has 1 heterocycles. The van der Waals surface area contributed by atoms with Gasteiger partial charge in [-0.15, -0.1) is 0 Å². The van der Waals surface area contributed by atoms with Crippen LogP contribution in [0.3, 0.4) is 0 Å². The second-order valence-electron chi connectivity index (χ2n) is 5.40. The molecule has 0 saturated carbocycles. The highest BCUT2D eigenvalue weighted by Crippen LogP contribution is 2.14. The minimum absolute atomic E-state index is 0.293. The van der Waals surface area contributed by atoms with Crippen molar-refractivity contribution in [2.24, 2.45) is 0 Å². The number of nitrogens with zero attached hydrogens (tertiary/aromatic N) is 3. The van der Waals surface area contributed by atoms with Gasteiger partial charge in [-0.2, -0.15) is 4.98 Å². The van der Waals surface area contributed by atoms with Gasteiger partial charge in [0.25, 0.3) is 0 Å². The zero-order valence-corrected chi connectivity index (χ0v) is 14.7. The maximum absolute atomic E-state index is 11.8. The number of hydrogen-bond acceptors (Lipinski definition) is 5. The maximum Gasteiger partial charge on any atom is 0.319 e. The van der Waals surface area contributed by atoms with Crippen LogP contribution in [0, 0.1) is 6.92 Å². The Hall–Kier alpha value is -2.54. The van der Waals surface area contributed by atoms with Crippen LogP contribution in [0.5, 0.6) is 0 Å². The van der Waals surface area contributed by atoms with Gasteiger partial charge >= 0.3 is 6.03 Å². The van der Waals surface area contributed by atoms with Crippen molar-refractivity contribution in [3.8, 4) is 0 Å². The van der Waals surface area contributed by atoms with Gasteiger partial charge in [0.1, 0.15) is 5.82 Å². The van der Waals surface area contributed by atoms with Crippen LogP contribution < -0.4 is 20.9 Å². The fourth-order valence-electron chi connectivity index (χ4n) is 1.95. The van der Waals surface area contributed by atoms with E-state index in [1.165, 1.54) is 0 Å². The van der Waals surface area contributed by atoms with E-state index in [4.69, 9.17) is 11.6 Å². The number of hydrogen-bond donors (Lipinski definition) is 3.